The molecule has 4 nitrogen and oxygen atoms in total. The van der Waals surface area contributed by atoms with Gasteiger partial charge in [-0.3, -0.25) is 4.90 Å². The molecule has 2 atom stereocenters. The van der Waals surface area contributed by atoms with Crippen molar-refractivity contribution in [2.75, 3.05) is 40.0 Å². The van der Waals surface area contributed by atoms with Crippen molar-refractivity contribution in [3.05, 3.63) is 0 Å². The normalized spacial score (nSPS) is 24.2. The van der Waals surface area contributed by atoms with Crippen LogP contribution in [0, 0.1) is 0 Å². The summed E-state index contributed by atoms with van der Waals surface area (Å²) in [5, 5.41) is 3.51. The smallest absolute Gasteiger partial charge is 0.0630 e. The number of nitrogens with zero attached hydrogens (tertiary/aromatic N) is 1. The molecule has 0 aliphatic carbocycles. The van der Waals surface area contributed by atoms with Gasteiger partial charge in [0.15, 0.2) is 0 Å². The van der Waals surface area contributed by atoms with Crippen molar-refractivity contribution in [2.45, 2.75) is 45.3 Å². The van der Waals surface area contributed by atoms with Crippen LogP contribution < -0.4 is 5.32 Å². The molecule has 0 aromatic heterocycles. The van der Waals surface area contributed by atoms with E-state index in [0.717, 1.165) is 39.3 Å². The summed E-state index contributed by atoms with van der Waals surface area (Å²) < 4.78 is 10.9. The fraction of sp³-hybridized carbons (Fsp3) is 1.00. The van der Waals surface area contributed by atoms with Gasteiger partial charge in [0.05, 0.1) is 19.8 Å². The Bertz CT molecular complexity index is 200. The minimum absolute atomic E-state index is 0.455. The van der Waals surface area contributed by atoms with Crippen LogP contribution in [0.15, 0.2) is 0 Å². The minimum Gasteiger partial charge on any atom is -0.383 e. The third-order valence-electron chi connectivity index (χ3n) is 3.33. The van der Waals surface area contributed by atoms with Gasteiger partial charge in [0.1, 0.15) is 0 Å². The molecule has 0 bridgehead atoms. The largest absolute Gasteiger partial charge is 0.383 e. The lowest BCUT2D eigenvalue weighted by atomic mass is 10.1. The first-order valence-corrected chi connectivity index (χ1v) is 6.74. The van der Waals surface area contributed by atoms with E-state index >= 15 is 0 Å². The lowest BCUT2D eigenvalue weighted by Gasteiger charge is -2.40. The Morgan fingerprint density at radius 2 is 2.24 bits per heavy atom. The Balaban J connectivity index is 2.53. The summed E-state index contributed by atoms with van der Waals surface area (Å²) in [6.45, 7) is 11.1. The zero-order valence-electron chi connectivity index (χ0n) is 11.7. The van der Waals surface area contributed by atoms with E-state index in [2.05, 4.69) is 31.0 Å². The highest BCUT2D eigenvalue weighted by molar-refractivity contribution is 4.83. The third-order valence-corrected chi connectivity index (χ3v) is 3.33. The molecule has 1 saturated heterocycles. The van der Waals surface area contributed by atoms with Crippen LogP contribution in [0.25, 0.3) is 0 Å². The molecule has 0 saturated carbocycles. The SMILES string of the molecule is CCC1COCCN1C(CNC(C)C)COC. The van der Waals surface area contributed by atoms with Gasteiger partial charge < -0.3 is 14.8 Å². The molecule has 17 heavy (non-hydrogen) atoms. The van der Waals surface area contributed by atoms with E-state index in [-0.39, 0.29) is 0 Å². The number of rotatable bonds is 7. The zero-order valence-corrected chi connectivity index (χ0v) is 11.7. The van der Waals surface area contributed by atoms with Crippen molar-refractivity contribution in [3.8, 4) is 0 Å². The van der Waals surface area contributed by atoms with E-state index in [1.807, 2.05) is 0 Å². The summed E-state index contributed by atoms with van der Waals surface area (Å²) in [5.41, 5.74) is 0. The monoisotopic (exact) mass is 244 g/mol. The summed E-state index contributed by atoms with van der Waals surface area (Å²) in [6.07, 6.45) is 1.14. The minimum atomic E-state index is 0.455. The van der Waals surface area contributed by atoms with Gasteiger partial charge >= 0.3 is 0 Å². The molecule has 1 aliphatic heterocycles. The molecule has 2 unspecified atom stereocenters. The Hall–Kier alpha value is -0.160. The van der Waals surface area contributed by atoms with Crippen molar-refractivity contribution >= 4 is 0 Å². The van der Waals surface area contributed by atoms with Crippen LogP contribution >= 0.6 is 0 Å². The highest BCUT2D eigenvalue weighted by Crippen LogP contribution is 2.14. The number of nitrogens with one attached hydrogen (secondary N) is 1. The van der Waals surface area contributed by atoms with Gasteiger partial charge in [-0.25, -0.2) is 0 Å². The highest BCUT2D eigenvalue weighted by atomic mass is 16.5. The highest BCUT2D eigenvalue weighted by Gasteiger charge is 2.28. The third kappa shape index (κ3) is 4.92. The van der Waals surface area contributed by atoms with Gasteiger partial charge in [0.2, 0.25) is 0 Å². The molecule has 4 heteroatoms. The van der Waals surface area contributed by atoms with E-state index in [0.29, 0.717) is 18.1 Å². The number of ether oxygens (including phenoxy) is 2. The van der Waals surface area contributed by atoms with Gasteiger partial charge in [0.25, 0.3) is 0 Å². The topological polar surface area (TPSA) is 33.7 Å². The summed E-state index contributed by atoms with van der Waals surface area (Å²) in [6, 6.07) is 1.52. The van der Waals surface area contributed by atoms with Crippen LogP contribution in [0.1, 0.15) is 27.2 Å². The average Bonchev–Trinajstić information content (AvgIpc) is 2.34. The van der Waals surface area contributed by atoms with Gasteiger partial charge in [0, 0.05) is 38.3 Å². The molecule has 0 radical (unpaired) electrons. The maximum absolute atomic E-state index is 5.55. The molecular formula is C13H28N2O2. The predicted molar refractivity (Wildman–Crippen MR) is 70.4 cm³/mol. The lowest BCUT2D eigenvalue weighted by Crippen LogP contribution is -2.55. The molecule has 1 N–H and O–H groups in total. The molecule has 102 valence electrons. The van der Waals surface area contributed by atoms with Crippen molar-refractivity contribution in [1.29, 1.82) is 0 Å². The molecule has 0 aromatic rings. The van der Waals surface area contributed by atoms with Gasteiger partial charge in [-0.1, -0.05) is 20.8 Å². The molecule has 1 heterocycles. The maximum Gasteiger partial charge on any atom is 0.0630 e. The molecule has 1 fully saturated rings. The van der Waals surface area contributed by atoms with Gasteiger partial charge in [-0.05, 0) is 6.42 Å². The maximum atomic E-state index is 5.55. The van der Waals surface area contributed by atoms with Crippen molar-refractivity contribution in [2.24, 2.45) is 0 Å². The van der Waals surface area contributed by atoms with E-state index in [1.165, 1.54) is 0 Å². The Labute approximate surface area is 106 Å². The van der Waals surface area contributed by atoms with Crippen LogP contribution in [-0.2, 0) is 9.47 Å². The van der Waals surface area contributed by atoms with Crippen molar-refractivity contribution in [3.63, 3.8) is 0 Å². The second kappa shape index (κ2) is 8.03. The van der Waals surface area contributed by atoms with E-state index in [9.17, 15) is 0 Å². The Morgan fingerprint density at radius 1 is 1.47 bits per heavy atom. The molecule has 0 aromatic carbocycles. The molecule has 0 spiro atoms. The first-order chi connectivity index (χ1) is 8.19. The van der Waals surface area contributed by atoms with Crippen LogP contribution in [0.5, 0.6) is 0 Å². The van der Waals surface area contributed by atoms with E-state index in [4.69, 9.17) is 9.47 Å². The summed E-state index contributed by atoms with van der Waals surface area (Å²) in [4.78, 5) is 2.54. The van der Waals surface area contributed by atoms with Crippen LogP contribution in [0.4, 0.5) is 0 Å². The lowest BCUT2D eigenvalue weighted by molar-refractivity contribution is -0.0448. The van der Waals surface area contributed by atoms with Crippen LogP contribution in [0.3, 0.4) is 0 Å². The Kier molecular flexibility index (Phi) is 7.04. The second-order valence-electron chi connectivity index (χ2n) is 5.05. The fourth-order valence-corrected chi connectivity index (χ4v) is 2.34. The van der Waals surface area contributed by atoms with Crippen molar-refractivity contribution in [1.82, 2.24) is 10.2 Å². The number of hydrogen-bond acceptors (Lipinski definition) is 4. The number of methoxy groups -OCH3 is 1. The van der Waals surface area contributed by atoms with Crippen LogP contribution in [0.2, 0.25) is 0 Å². The summed E-state index contributed by atoms with van der Waals surface area (Å²) in [7, 11) is 1.78. The summed E-state index contributed by atoms with van der Waals surface area (Å²) >= 11 is 0. The van der Waals surface area contributed by atoms with E-state index in [1.54, 1.807) is 7.11 Å². The first kappa shape index (κ1) is 14.9. The molecular weight excluding hydrogens is 216 g/mol. The van der Waals surface area contributed by atoms with E-state index < -0.39 is 0 Å². The quantitative estimate of drug-likeness (QED) is 0.727. The molecule has 0 amide bonds. The van der Waals surface area contributed by atoms with Crippen molar-refractivity contribution < 1.29 is 9.47 Å². The summed E-state index contributed by atoms with van der Waals surface area (Å²) in [5.74, 6) is 0. The molecule has 1 aliphatic rings. The van der Waals surface area contributed by atoms with Gasteiger partial charge in [-0.2, -0.15) is 0 Å². The predicted octanol–water partition coefficient (Wildman–Crippen LogP) is 1.11. The first-order valence-electron chi connectivity index (χ1n) is 6.74. The number of morpholine rings is 1. The number of hydrogen-bond donors (Lipinski definition) is 1. The van der Waals surface area contributed by atoms with Gasteiger partial charge in [-0.15, -0.1) is 0 Å². The average molecular weight is 244 g/mol. The Morgan fingerprint density at radius 3 is 2.82 bits per heavy atom. The molecule has 1 rings (SSSR count). The van der Waals surface area contributed by atoms with Crippen LogP contribution in [-0.4, -0.2) is 63.0 Å². The second-order valence-corrected chi connectivity index (χ2v) is 5.05. The fourth-order valence-electron chi connectivity index (χ4n) is 2.34. The zero-order chi connectivity index (χ0) is 12.7. The standard InChI is InChI=1S/C13H28N2O2/c1-5-12-10-17-7-6-15(12)13(9-16-4)8-14-11(2)3/h11-14H,5-10H2,1-4H3.